The van der Waals surface area contributed by atoms with Crippen molar-refractivity contribution in [1.29, 1.82) is 0 Å². The third-order valence-corrected chi connectivity index (χ3v) is 3.60. The average molecular weight is 376 g/mol. The van der Waals surface area contributed by atoms with Crippen LogP contribution in [0.5, 0.6) is 5.75 Å². The number of hydrogen-bond donors (Lipinski definition) is 2. The van der Waals surface area contributed by atoms with Crippen molar-refractivity contribution in [3.05, 3.63) is 41.1 Å². The van der Waals surface area contributed by atoms with Gasteiger partial charge in [0.25, 0.3) is 0 Å². The molecule has 8 heteroatoms. The second-order valence-corrected chi connectivity index (χ2v) is 6.29. The van der Waals surface area contributed by atoms with E-state index in [0.29, 0.717) is 23.8 Å². The van der Waals surface area contributed by atoms with Gasteiger partial charge < -0.3 is 24.8 Å². The van der Waals surface area contributed by atoms with Crippen molar-refractivity contribution in [2.24, 2.45) is 5.92 Å². The number of urea groups is 1. The molecule has 0 spiro atoms. The Balaban J connectivity index is 2.00. The van der Waals surface area contributed by atoms with E-state index in [2.05, 4.69) is 10.6 Å². The summed E-state index contributed by atoms with van der Waals surface area (Å²) >= 11 is 0. The molecule has 146 valence electrons. The molecule has 0 atom stereocenters. The summed E-state index contributed by atoms with van der Waals surface area (Å²) in [5, 5.41) is 4.96. The summed E-state index contributed by atoms with van der Waals surface area (Å²) in [5.74, 6) is -0.0773. The van der Waals surface area contributed by atoms with E-state index < -0.39 is 18.0 Å². The highest BCUT2D eigenvalue weighted by Gasteiger charge is 2.24. The van der Waals surface area contributed by atoms with Crippen molar-refractivity contribution >= 4 is 18.0 Å². The summed E-state index contributed by atoms with van der Waals surface area (Å²) in [5.41, 5.74) is 0.773. The fourth-order valence-corrected chi connectivity index (χ4v) is 2.24. The van der Waals surface area contributed by atoms with Gasteiger partial charge in [-0.3, -0.25) is 0 Å². The molecular weight excluding hydrogens is 352 g/mol. The Kier molecular flexibility index (Phi) is 7.22. The zero-order valence-electron chi connectivity index (χ0n) is 15.7. The van der Waals surface area contributed by atoms with Crippen molar-refractivity contribution in [2.45, 2.75) is 20.8 Å². The van der Waals surface area contributed by atoms with E-state index in [1.54, 1.807) is 31.2 Å². The van der Waals surface area contributed by atoms with Crippen LogP contribution in [0, 0.1) is 5.92 Å². The maximum atomic E-state index is 12.2. The summed E-state index contributed by atoms with van der Waals surface area (Å²) < 4.78 is 15.7. The van der Waals surface area contributed by atoms with E-state index in [1.165, 1.54) is 0 Å². The van der Waals surface area contributed by atoms with Gasteiger partial charge in [0.2, 0.25) is 0 Å². The van der Waals surface area contributed by atoms with Gasteiger partial charge in [-0.15, -0.1) is 0 Å². The molecule has 0 bridgehead atoms. The molecule has 0 radical (unpaired) electrons. The van der Waals surface area contributed by atoms with Gasteiger partial charge in [-0.2, -0.15) is 0 Å². The van der Waals surface area contributed by atoms with Crippen LogP contribution in [0.1, 0.15) is 31.1 Å². The third kappa shape index (κ3) is 6.02. The van der Waals surface area contributed by atoms with Crippen molar-refractivity contribution < 1.29 is 28.6 Å². The molecule has 2 N–H and O–H groups in total. The highest BCUT2D eigenvalue weighted by Crippen LogP contribution is 2.15. The van der Waals surface area contributed by atoms with Crippen LogP contribution < -0.4 is 15.4 Å². The number of benzene rings is 1. The molecule has 1 aromatic rings. The van der Waals surface area contributed by atoms with Crippen LogP contribution in [0.3, 0.4) is 0 Å². The van der Waals surface area contributed by atoms with E-state index in [4.69, 9.17) is 14.2 Å². The van der Waals surface area contributed by atoms with Crippen LogP contribution in [0.4, 0.5) is 4.79 Å². The van der Waals surface area contributed by atoms with Gasteiger partial charge in [0.1, 0.15) is 12.4 Å². The first-order valence-corrected chi connectivity index (χ1v) is 8.74. The minimum absolute atomic E-state index is 0.0133. The molecule has 0 unspecified atom stereocenters. The van der Waals surface area contributed by atoms with Crippen molar-refractivity contribution in [3.63, 3.8) is 0 Å². The van der Waals surface area contributed by atoms with Crippen LogP contribution in [0.25, 0.3) is 0 Å². The highest BCUT2D eigenvalue weighted by molar-refractivity contribution is 5.94. The van der Waals surface area contributed by atoms with Gasteiger partial charge in [-0.25, -0.2) is 14.4 Å². The molecule has 0 aliphatic carbocycles. The number of carbonyl (C=O) groups is 3. The maximum absolute atomic E-state index is 12.2. The van der Waals surface area contributed by atoms with Gasteiger partial charge in [-0.05, 0) is 37.1 Å². The second kappa shape index (κ2) is 9.61. The fraction of sp³-hybridized carbons (Fsp3) is 0.421. The molecule has 2 amide bonds. The molecule has 0 aromatic heterocycles. The van der Waals surface area contributed by atoms with Crippen LogP contribution in [-0.4, -0.2) is 44.3 Å². The van der Waals surface area contributed by atoms with Crippen LogP contribution in [0.15, 0.2) is 35.5 Å². The Labute approximate surface area is 157 Å². The standard InChI is InChI=1S/C19H24N2O6/c1-4-25-18(23)15-9-20-19(24)21-16(15)11-27-17(22)13-5-7-14(8-6-13)26-10-12(2)3/h5-8,12H,4,9-11H2,1-3H3,(H2,20,21,24). The Hall–Kier alpha value is -3.03. The van der Waals surface area contributed by atoms with Crippen molar-refractivity contribution in [1.82, 2.24) is 10.6 Å². The molecule has 1 aliphatic rings. The molecule has 1 heterocycles. The monoisotopic (exact) mass is 376 g/mol. The lowest BCUT2D eigenvalue weighted by Crippen LogP contribution is -2.45. The minimum Gasteiger partial charge on any atom is -0.493 e. The smallest absolute Gasteiger partial charge is 0.338 e. The number of ether oxygens (including phenoxy) is 3. The minimum atomic E-state index is -0.575. The highest BCUT2D eigenvalue weighted by atomic mass is 16.5. The third-order valence-electron chi connectivity index (χ3n) is 3.60. The van der Waals surface area contributed by atoms with E-state index in [9.17, 15) is 14.4 Å². The Morgan fingerprint density at radius 2 is 1.81 bits per heavy atom. The SMILES string of the molecule is CCOC(=O)C1=C(COC(=O)c2ccc(OCC(C)C)cc2)NC(=O)NC1. The van der Waals surface area contributed by atoms with Gasteiger partial charge in [0.05, 0.1) is 36.6 Å². The molecule has 2 rings (SSSR count). The zero-order valence-corrected chi connectivity index (χ0v) is 15.7. The van der Waals surface area contributed by atoms with E-state index in [0.717, 1.165) is 0 Å². The zero-order chi connectivity index (χ0) is 19.8. The van der Waals surface area contributed by atoms with Gasteiger partial charge >= 0.3 is 18.0 Å². The van der Waals surface area contributed by atoms with Crippen LogP contribution >= 0.6 is 0 Å². The number of hydrogen-bond acceptors (Lipinski definition) is 6. The Morgan fingerprint density at radius 3 is 2.44 bits per heavy atom. The van der Waals surface area contributed by atoms with Gasteiger partial charge in [0, 0.05) is 0 Å². The molecule has 1 aromatic carbocycles. The molecule has 0 saturated heterocycles. The van der Waals surface area contributed by atoms with Gasteiger partial charge in [-0.1, -0.05) is 13.8 Å². The fourth-order valence-electron chi connectivity index (χ4n) is 2.24. The lowest BCUT2D eigenvalue weighted by atomic mass is 10.1. The number of nitrogens with one attached hydrogen (secondary N) is 2. The number of amides is 2. The number of rotatable bonds is 8. The molecule has 1 aliphatic heterocycles. The lowest BCUT2D eigenvalue weighted by Gasteiger charge is -2.21. The summed E-state index contributed by atoms with van der Waals surface area (Å²) in [7, 11) is 0. The number of esters is 2. The quantitative estimate of drug-likeness (QED) is 0.673. The lowest BCUT2D eigenvalue weighted by molar-refractivity contribution is -0.138. The van der Waals surface area contributed by atoms with Crippen LogP contribution in [-0.2, 0) is 14.3 Å². The number of carbonyl (C=O) groups excluding carboxylic acids is 3. The topological polar surface area (TPSA) is 103 Å². The first-order valence-electron chi connectivity index (χ1n) is 8.74. The summed E-state index contributed by atoms with van der Waals surface area (Å²) in [6.07, 6.45) is 0. The molecule has 8 nitrogen and oxygen atoms in total. The Morgan fingerprint density at radius 1 is 1.11 bits per heavy atom. The molecule has 0 fully saturated rings. The average Bonchev–Trinajstić information content (AvgIpc) is 2.65. The molecule has 0 saturated carbocycles. The van der Waals surface area contributed by atoms with Crippen molar-refractivity contribution in [2.75, 3.05) is 26.4 Å². The normalized spacial score (nSPS) is 13.7. The second-order valence-electron chi connectivity index (χ2n) is 6.29. The Bertz CT molecular complexity index is 724. The molecular formula is C19H24N2O6. The van der Waals surface area contributed by atoms with E-state index in [1.807, 2.05) is 13.8 Å². The van der Waals surface area contributed by atoms with Crippen LogP contribution in [0.2, 0.25) is 0 Å². The predicted octanol–water partition coefficient (Wildman–Crippen LogP) is 2.01. The maximum Gasteiger partial charge on any atom is 0.338 e. The first kappa shape index (κ1) is 20.3. The van der Waals surface area contributed by atoms with Crippen molar-refractivity contribution in [3.8, 4) is 5.75 Å². The first-order chi connectivity index (χ1) is 12.9. The molecule has 27 heavy (non-hydrogen) atoms. The summed E-state index contributed by atoms with van der Waals surface area (Å²) in [4.78, 5) is 35.7. The largest absolute Gasteiger partial charge is 0.493 e. The summed E-state index contributed by atoms with van der Waals surface area (Å²) in [6.45, 7) is 6.33. The summed E-state index contributed by atoms with van der Waals surface area (Å²) in [6, 6.07) is 6.10. The van der Waals surface area contributed by atoms with Gasteiger partial charge in [0.15, 0.2) is 0 Å². The predicted molar refractivity (Wildman–Crippen MR) is 97.3 cm³/mol. The van der Waals surface area contributed by atoms with E-state index >= 15 is 0 Å². The van der Waals surface area contributed by atoms with E-state index in [-0.39, 0.29) is 31.0 Å².